The van der Waals surface area contributed by atoms with Gasteiger partial charge >= 0.3 is 0 Å². The Morgan fingerprint density at radius 1 is 1.00 bits per heavy atom. The third kappa shape index (κ3) is 4.43. The van der Waals surface area contributed by atoms with Crippen LogP contribution in [0.4, 0.5) is 21.6 Å². The van der Waals surface area contributed by atoms with Crippen LogP contribution in [0, 0.1) is 5.82 Å². The maximum atomic E-state index is 12.9. The summed E-state index contributed by atoms with van der Waals surface area (Å²) in [6, 6.07) is 10.5. The molecule has 8 heteroatoms. The Hall–Kier alpha value is -2.70. The molecule has 3 rings (SSSR count). The van der Waals surface area contributed by atoms with Gasteiger partial charge in [-0.25, -0.2) is 14.4 Å². The van der Waals surface area contributed by atoms with Crippen LogP contribution in [0.2, 0.25) is 10.0 Å². The maximum absolute atomic E-state index is 12.9. The van der Waals surface area contributed by atoms with Gasteiger partial charge in [0.05, 0.1) is 23.1 Å². The van der Waals surface area contributed by atoms with Gasteiger partial charge in [-0.05, 0) is 42.5 Å². The number of halogens is 3. The zero-order valence-electron chi connectivity index (χ0n) is 12.6. The van der Waals surface area contributed by atoms with Crippen LogP contribution in [0.25, 0.3) is 0 Å². The number of benzene rings is 2. The fraction of sp³-hybridized carbons (Fsp3) is 0. The Bertz CT molecular complexity index is 902. The number of hydrogen-bond donors (Lipinski definition) is 2. The van der Waals surface area contributed by atoms with Gasteiger partial charge in [-0.2, -0.15) is 0 Å². The molecule has 0 aliphatic carbocycles. The lowest BCUT2D eigenvalue weighted by atomic mass is 10.3. The van der Waals surface area contributed by atoms with E-state index in [1.807, 2.05) is 0 Å². The molecule has 25 heavy (non-hydrogen) atoms. The molecule has 5 nitrogen and oxygen atoms in total. The second kappa shape index (κ2) is 7.46. The van der Waals surface area contributed by atoms with E-state index in [0.29, 0.717) is 27.2 Å². The molecular formula is C17H11Cl2FN4O. The average molecular weight is 377 g/mol. The molecule has 0 radical (unpaired) electrons. The number of hydrogen-bond acceptors (Lipinski definition) is 4. The van der Waals surface area contributed by atoms with Crippen LogP contribution in [-0.2, 0) is 0 Å². The lowest BCUT2D eigenvalue weighted by molar-refractivity contribution is 0.102. The zero-order chi connectivity index (χ0) is 17.8. The molecule has 3 aromatic rings. The third-order valence-corrected chi connectivity index (χ3v) is 3.73. The summed E-state index contributed by atoms with van der Waals surface area (Å²) in [5, 5.41) is 6.38. The van der Waals surface area contributed by atoms with Crippen LogP contribution in [-0.4, -0.2) is 15.9 Å². The highest BCUT2D eigenvalue weighted by atomic mass is 35.5. The summed E-state index contributed by atoms with van der Waals surface area (Å²) >= 11 is 11.8. The number of rotatable bonds is 4. The number of aromatic nitrogens is 2. The molecule has 1 amide bonds. The Morgan fingerprint density at radius 3 is 2.40 bits per heavy atom. The van der Waals surface area contributed by atoms with Crippen molar-refractivity contribution in [3.8, 4) is 0 Å². The number of nitrogens with zero attached hydrogens (tertiary/aromatic N) is 2. The molecule has 0 aliphatic heterocycles. The predicted molar refractivity (Wildman–Crippen MR) is 96.1 cm³/mol. The third-order valence-electron chi connectivity index (χ3n) is 3.18. The first kappa shape index (κ1) is 17.1. The van der Waals surface area contributed by atoms with Crippen LogP contribution in [0.1, 0.15) is 10.5 Å². The Morgan fingerprint density at radius 2 is 1.76 bits per heavy atom. The van der Waals surface area contributed by atoms with E-state index in [0.717, 1.165) is 0 Å². The normalized spacial score (nSPS) is 10.4. The van der Waals surface area contributed by atoms with Gasteiger partial charge in [-0.1, -0.05) is 23.2 Å². The standard InChI is InChI=1S/C17H11Cl2FN4O/c18-10-1-6-14(13(19)7-10)24-17(25)15-8-22-16(9-21-15)23-12-4-2-11(20)3-5-12/h1-9H,(H,22,23)(H,24,25). The molecule has 0 fully saturated rings. The van der Waals surface area contributed by atoms with Gasteiger partial charge in [0.25, 0.3) is 5.91 Å². The molecule has 0 spiro atoms. The lowest BCUT2D eigenvalue weighted by Gasteiger charge is -2.08. The molecule has 1 aromatic heterocycles. The molecule has 2 N–H and O–H groups in total. The first-order valence-electron chi connectivity index (χ1n) is 7.12. The van der Waals surface area contributed by atoms with E-state index in [9.17, 15) is 9.18 Å². The average Bonchev–Trinajstić information content (AvgIpc) is 2.60. The minimum atomic E-state index is -0.454. The molecule has 2 aromatic carbocycles. The number of carbonyl (C=O) groups is 1. The van der Waals surface area contributed by atoms with E-state index in [2.05, 4.69) is 20.6 Å². The van der Waals surface area contributed by atoms with Crippen LogP contribution in [0.5, 0.6) is 0 Å². The molecular weight excluding hydrogens is 366 g/mol. The van der Waals surface area contributed by atoms with Gasteiger partial charge < -0.3 is 10.6 Å². The maximum Gasteiger partial charge on any atom is 0.275 e. The first-order chi connectivity index (χ1) is 12.0. The summed E-state index contributed by atoms with van der Waals surface area (Å²) < 4.78 is 12.9. The highest BCUT2D eigenvalue weighted by Crippen LogP contribution is 2.25. The highest BCUT2D eigenvalue weighted by Gasteiger charge is 2.11. The molecule has 0 saturated heterocycles. The van der Waals surface area contributed by atoms with Crippen molar-refractivity contribution in [2.45, 2.75) is 0 Å². The summed E-state index contributed by atoms with van der Waals surface area (Å²) in [4.78, 5) is 20.4. The fourth-order valence-corrected chi connectivity index (χ4v) is 2.42. The minimum Gasteiger partial charge on any atom is -0.339 e. The van der Waals surface area contributed by atoms with Crippen LogP contribution in [0.3, 0.4) is 0 Å². The van der Waals surface area contributed by atoms with Crippen molar-refractivity contribution >= 4 is 46.3 Å². The number of carbonyl (C=O) groups excluding carboxylic acids is 1. The predicted octanol–water partition coefficient (Wildman–Crippen LogP) is 4.92. The molecule has 0 aliphatic rings. The Balaban J connectivity index is 1.68. The van der Waals surface area contributed by atoms with Crippen molar-refractivity contribution in [1.29, 1.82) is 0 Å². The van der Waals surface area contributed by atoms with Crippen LogP contribution < -0.4 is 10.6 Å². The SMILES string of the molecule is O=C(Nc1ccc(Cl)cc1Cl)c1cnc(Nc2ccc(F)cc2)cn1. The van der Waals surface area contributed by atoms with E-state index in [4.69, 9.17) is 23.2 Å². The molecule has 0 saturated carbocycles. The number of amides is 1. The Kier molecular flexibility index (Phi) is 5.11. The molecule has 0 bridgehead atoms. The number of nitrogens with one attached hydrogen (secondary N) is 2. The van der Waals surface area contributed by atoms with Gasteiger partial charge in [-0.15, -0.1) is 0 Å². The molecule has 126 valence electrons. The van der Waals surface area contributed by atoms with Crippen molar-refractivity contribution in [2.24, 2.45) is 0 Å². The summed E-state index contributed by atoms with van der Waals surface area (Å²) in [7, 11) is 0. The summed E-state index contributed by atoms with van der Waals surface area (Å²) in [5.74, 6) is -0.359. The van der Waals surface area contributed by atoms with Crippen molar-refractivity contribution < 1.29 is 9.18 Å². The molecule has 1 heterocycles. The minimum absolute atomic E-state index is 0.121. The van der Waals surface area contributed by atoms with Crippen LogP contribution >= 0.6 is 23.2 Å². The van der Waals surface area contributed by atoms with Gasteiger partial charge in [-0.3, -0.25) is 4.79 Å². The fourth-order valence-electron chi connectivity index (χ4n) is 1.97. The molecule has 0 unspecified atom stereocenters. The van der Waals surface area contributed by atoms with E-state index in [1.54, 1.807) is 24.3 Å². The van der Waals surface area contributed by atoms with Crippen LogP contribution in [0.15, 0.2) is 54.9 Å². The van der Waals surface area contributed by atoms with Crippen molar-refractivity contribution in [1.82, 2.24) is 9.97 Å². The van der Waals surface area contributed by atoms with Gasteiger partial charge in [0.2, 0.25) is 0 Å². The number of anilines is 3. The second-order valence-electron chi connectivity index (χ2n) is 5.00. The topological polar surface area (TPSA) is 66.9 Å². The van der Waals surface area contributed by atoms with Gasteiger partial charge in [0.1, 0.15) is 17.3 Å². The quantitative estimate of drug-likeness (QED) is 0.678. The van der Waals surface area contributed by atoms with Crippen molar-refractivity contribution in [3.05, 3.63) is 76.4 Å². The summed E-state index contributed by atoms with van der Waals surface area (Å²) in [6.07, 6.45) is 2.73. The monoisotopic (exact) mass is 376 g/mol. The smallest absolute Gasteiger partial charge is 0.275 e. The second-order valence-corrected chi connectivity index (χ2v) is 5.84. The van der Waals surface area contributed by atoms with E-state index < -0.39 is 5.91 Å². The largest absolute Gasteiger partial charge is 0.339 e. The summed E-state index contributed by atoms with van der Waals surface area (Å²) in [5.41, 5.74) is 1.20. The van der Waals surface area contributed by atoms with E-state index >= 15 is 0 Å². The molecule has 0 atom stereocenters. The van der Waals surface area contributed by atoms with Crippen molar-refractivity contribution in [2.75, 3.05) is 10.6 Å². The van der Waals surface area contributed by atoms with Gasteiger partial charge in [0.15, 0.2) is 0 Å². The lowest BCUT2D eigenvalue weighted by Crippen LogP contribution is -2.14. The van der Waals surface area contributed by atoms with E-state index in [-0.39, 0.29) is 11.5 Å². The van der Waals surface area contributed by atoms with Crippen molar-refractivity contribution in [3.63, 3.8) is 0 Å². The first-order valence-corrected chi connectivity index (χ1v) is 7.88. The summed E-state index contributed by atoms with van der Waals surface area (Å²) in [6.45, 7) is 0. The highest BCUT2D eigenvalue weighted by molar-refractivity contribution is 6.36. The van der Waals surface area contributed by atoms with Gasteiger partial charge in [0, 0.05) is 10.7 Å². The zero-order valence-corrected chi connectivity index (χ0v) is 14.1. The van der Waals surface area contributed by atoms with E-state index in [1.165, 1.54) is 30.6 Å². The Labute approximate surface area is 152 Å².